The predicted molar refractivity (Wildman–Crippen MR) is 107 cm³/mol. The van der Waals surface area contributed by atoms with Gasteiger partial charge < -0.3 is 15.3 Å². The van der Waals surface area contributed by atoms with Gasteiger partial charge in [0.1, 0.15) is 11.4 Å². The number of benzene rings is 2. The van der Waals surface area contributed by atoms with Crippen LogP contribution in [-0.4, -0.2) is 31.6 Å². The Morgan fingerprint density at radius 3 is 2.32 bits per heavy atom. The zero-order valence-electron chi connectivity index (χ0n) is 15.8. The van der Waals surface area contributed by atoms with Gasteiger partial charge in [0.15, 0.2) is 0 Å². The summed E-state index contributed by atoms with van der Waals surface area (Å²) in [7, 11) is -3.58. The Labute approximate surface area is 174 Å². The van der Waals surface area contributed by atoms with E-state index in [1.165, 1.54) is 28.2 Å². The monoisotopic (exact) mass is 458 g/mol. The number of para-hydroxylation sites is 1. The van der Waals surface area contributed by atoms with Crippen LogP contribution < -0.4 is 25.0 Å². The van der Waals surface area contributed by atoms with Gasteiger partial charge in [0.2, 0.25) is 15.9 Å². The molecule has 0 radical (unpaired) electrons. The van der Waals surface area contributed by atoms with Gasteiger partial charge >= 0.3 is 6.36 Å². The highest BCUT2D eigenvalue weighted by Gasteiger charge is 2.35. The quantitative estimate of drug-likeness (QED) is 0.641. The van der Waals surface area contributed by atoms with Crippen LogP contribution in [0.3, 0.4) is 0 Å². The lowest BCUT2D eigenvalue weighted by Crippen LogP contribution is -2.43. The highest BCUT2D eigenvalue weighted by atomic mass is 32.2. The lowest BCUT2D eigenvalue weighted by molar-refractivity contribution is -0.274. The third-order valence-electron chi connectivity index (χ3n) is 4.22. The standard InChI is InChI=1S/C18H15F3N4O4S.H2O/c1-30(27,28)22-14-10-16-17(26)24(23-25(16)15-5-3-2-4-13(14)15)11-6-8-12(9-7-11)29-18(19,20)21;/h2-10,22-23,26H,1H3;1H2. The molecule has 4 rings (SSSR count). The minimum atomic E-state index is -4.81. The number of allylic oxidation sites excluding steroid dienone is 1. The van der Waals surface area contributed by atoms with Gasteiger partial charge in [-0.25, -0.2) is 13.4 Å². The second kappa shape index (κ2) is 7.68. The molecule has 31 heavy (non-hydrogen) atoms. The van der Waals surface area contributed by atoms with Gasteiger partial charge in [-0.2, -0.15) is 0 Å². The Bertz CT molecular complexity index is 1160. The molecule has 2 aliphatic heterocycles. The lowest BCUT2D eigenvalue weighted by atomic mass is 10.0. The van der Waals surface area contributed by atoms with Gasteiger partial charge in [-0.1, -0.05) is 18.2 Å². The van der Waals surface area contributed by atoms with Crippen molar-refractivity contribution in [2.75, 3.05) is 16.3 Å². The average Bonchev–Trinajstić information content (AvgIpc) is 2.97. The second-order valence-corrected chi connectivity index (χ2v) is 8.22. The molecule has 0 unspecified atom stereocenters. The molecule has 2 aromatic carbocycles. The van der Waals surface area contributed by atoms with E-state index in [0.29, 0.717) is 16.9 Å². The van der Waals surface area contributed by atoms with Crippen molar-refractivity contribution in [2.45, 2.75) is 6.36 Å². The van der Waals surface area contributed by atoms with E-state index in [9.17, 15) is 26.7 Å². The highest BCUT2D eigenvalue weighted by Crippen LogP contribution is 2.39. The Morgan fingerprint density at radius 1 is 1.06 bits per heavy atom. The maximum atomic E-state index is 12.3. The van der Waals surface area contributed by atoms with Gasteiger partial charge in [0, 0.05) is 5.56 Å². The SMILES string of the molecule is CS(=O)(=O)NC1=CC2=C(O)N(c3ccc(OC(F)(F)F)cc3)NN2c2ccccc21.O. The summed E-state index contributed by atoms with van der Waals surface area (Å²) in [5, 5.41) is 13.5. The molecule has 0 bridgehead atoms. The molecule has 2 heterocycles. The normalized spacial score (nSPS) is 15.7. The van der Waals surface area contributed by atoms with Crippen LogP contribution in [0.1, 0.15) is 5.56 Å². The number of ether oxygens (including phenoxy) is 1. The number of sulfonamides is 1. The number of hydrogen-bond acceptors (Lipinski definition) is 7. The molecule has 2 aliphatic rings. The molecule has 0 aromatic heterocycles. The molecule has 0 saturated carbocycles. The van der Waals surface area contributed by atoms with Crippen LogP contribution in [0.2, 0.25) is 0 Å². The van der Waals surface area contributed by atoms with Crippen molar-refractivity contribution in [3.63, 3.8) is 0 Å². The molecule has 0 fully saturated rings. The van der Waals surface area contributed by atoms with Crippen molar-refractivity contribution in [1.82, 2.24) is 10.3 Å². The number of fused-ring (bicyclic) bond motifs is 3. The Morgan fingerprint density at radius 2 is 1.71 bits per heavy atom. The fraction of sp³-hybridized carbons (Fsp3) is 0.111. The third kappa shape index (κ3) is 4.52. The summed E-state index contributed by atoms with van der Waals surface area (Å²) in [6, 6.07) is 11.8. The first-order valence-corrected chi connectivity index (χ1v) is 10.4. The minimum absolute atomic E-state index is 0. The molecule has 0 atom stereocenters. The van der Waals surface area contributed by atoms with Crippen LogP contribution in [-0.2, 0) is 10.0 Å². The Hall–Kier alpha value is -3.42. The number of hydrazine groups is 2. The van der Waals surface area contributed by atoms with Gasteiger partial charge in [0.25, 0.3) is 0 Å². The fourth-order valence-corrected chi connectivity index (χ4v) is 3.67. The summed E-state index contributed by atoms with van der Waals surface area (Å²) >= 11 is 0. The summed E-state index contributed by atoms with van der Waals surface area (Å²) in [6.07, 6.45) is -2.34. The first-order chi connectivity index (χ1) is 14.0. The number of alkyl halides is 3. The fourth-order valence-electron chi connectivity index (χ4n) is 3.10. The van der Waals surface area contributed by atoms with Crippen molar-refractivity contribution >= 4 is 27.1 Å². The van der Waals surface area contributed by atoms with E-state index in [0.717, 1.165) is 18.4 Å². The second-order valence-electron chi connectivity index (χ2n) is 6.47. The molecule has 13 heteroatoms. The van der Waals surface area contributed by atoms with E-state index in [4.69, 9.17) is 0 Å². The lowest BCUT2D eigenvalue weighted by Gasteiger charge is -2.29. The van der Waals surface area contributed by atoms with Crippen LogP contribution in [0, 0.1) is 0 Å². The van der Waals surface area contributed by atoms with E-state index < -0.39 is 22.1 Å². The van der Waals surface area contributed by atoms with Crippen LogP contribution in [0.15, 0.2) is 66.2 Å². The van der Waals surface area contributed by atoms with E-state index in [1.54, 1.807) is 24.3 Å². The summed E-state index contributed by atoms with van der Waals surface area (Å²) in [4.78, 5) is 0. The van der Waals surface area contributed by atoms with Crippen molar-refractivity contribution in [1.29, 1.82) is 0 Å². The van der Waals surface area contributed by atoms with Crippen molar-refractivity contribution in [2.24, 2.45) is 0 Å². The molecular formula is C18H17F3N4O5S. The average molecular weight is 458 g/mol. The zero-order chi connectivity index (χ0) is 21.7. The molecular weight excluding hydrogens is 441 g/mol. The number of halogens is 3. The largest absolute Gasteiger partial charge is 0.573 e. The number of aliphatic hydroxyl groups excluding tert-OH is 1. The summed E-state index contributed by atoms with van der Waals surface area (Å²) in [5.74, 6) is -0.679. The summed E-state index contributed by atoms with van der Waals surface area (Å²) < 4.78 is 66.8. The van der Waals surface area contributed by atoms with E-state index in [1.807, 2.05) is 0 Å². The van der Waals surface area contributed by atoms with E-state index in [-0.39, 0.29) is 22.8 Å². The molecule has 0 aliphatic carbocycles. The molecule has 5 N–H and O–H groups in total. The molecule has 2 aromatic rings. The number of rotatable bonds is 4. The predicted octanol–water partition coefficient (Wildman–Crippen LogP) is 2.14. The van der Waals surface area contributed by atoms with Crippen LogP contribution in [0.25, 0.3) is 5.70 Å². The van der Waals surface area contributed by atoms with Crippen LogP contribution >= 0.6 is 0 Å². The highest BCUT2D eigenvalue weighted by molar-refractivity contribution is 7.89. The number of anilines is 2. The first kappa shape index (κ1) is 22.3. The summed E-state index contributed by atoms with van der Waals surface area (Å²) in [6.45, 7) is 0. The molecule has 166 valence electrons. The van der Waals surface area contributed by atoms with Gasteiger partial charge in [-0.3, -0.25) is 9.73 Å². The molecule has 0 spiro atoms. The van der Waals surface area contributed by atoms with Gasteiger partial charge in [-0.05, 0) is 36.4 Å². The maximum Gasteiger partial charge on any atom is 0.573 e. The summed E-state index contributed by atoms with van der Waals surface area (Å²) in [5.41, 5.74) is 4.90. The van der Waals surface area contributed by atoms with Crippen molar-refractivity contribution in [3.05, 3.63) is 71.8 Å². The Balaban J connectivity index is 0.00000272. The molecule has 0 amide bonds. The number of aliphatic hydroxyl groups is 1. The smallest absolute Gasteiger partial charge is 0.492 e. The molecule has 0 saturated heterocycles. The minimum Gasteiger partial charge on any atom is -0.492 e. The van der Waals surface area contributed by atoms with Crippen molar-refractivity contribution in [3.8, 4) is 5.75 Å². The number of nitrogens with zero attached hydrogens (tertiary/aromatic N) is 2. The van der Waals surface area contributed by atoms with Gasteiger partial charge in [0.05, 0.1) is 23.3 Å². The van der Waals surface area contributed by atoms with Crippen molar-refractivity contribution < 1.29 is 36.9 Å². The first-order valence-electron chi connectivity index (χ1n) is 8.46. The zero-order valence-corrected chi connectivity index (χ0v) is 16.6. The van der Waals surface area contributed by atoms with Gasteiger partial charge in [-0.15, -0.1) is 18.7 Å². The number of hydrogen-bond donors (Lipinski definition) is 3. The third-order valence-corrected chi connectivity index (χ3v) is 4.81. The van der Waals surface area contributed by atoms with Crippen LogP contribution in [0.5, 0.6) is 5.75 Å². The maximum absolute atomic E-state index is 12.3. The topological polar surface area (TPSA) is 126 Å². The van der Waals surface area contributed by atoms with E-state index >= 15 is 0 Å². The van der Waals surface area contributed by atoms with E-state index in [2.05, 4.69) is 15.0 Å². The number of nitrogens with one attached hydrogen (secondary N) is 2. The van der Waals surface area contributed by atoms with Crippen LogP contribution in [0.4, 0.5) is 24.5 Å². The Kier molecular flexibility index (Phi) is 5.52. The molecule has 9 nitrogen and oxygen atoms in total.